The van der Waals surface area contributed by atoms with Gasteiger partial charge in [-0.2, -0.15) is 0 Å². The van der Waals surface area contributed by atoms with Gasteiger partial charge in [-0.3, -0.25) is 4.99 Å². The first-order valence-corrected chi connectivity index (χ1v) is 8.96. The number of nitrogens with one attached hydrogen (secondary N) is 2. The van der Waals surface area contributed by atoms with Crippen molar-refractivity contribution in [1.82, 2.24) is 14.9 Å². The van der Waals surface area contributed by atoms with E-state index < -0.39 is 10.0 Å². The molecule has 1 aromatic carbocycles. The molecule has 0 fully saturated rings. The average Bonchev–Trinajstić information content (AvgIpc) is 2.48. The minimum absolute atomic E-state index is 0.276. The van der Waals surface area contributed by atoms with Crippen LogP contribution in [0.15, 0.2) is 29.3 Å². The lowest BCUT2D eigenvalue weighted by atomic mass is 10.3. The number of benzene rings is 1. The van der Waals surface area contributed by atoms with Crippen molar-refractivity contribution in [1.29, 1.82) is 0 Å². The molecule has 2 N–H and O–H groups in total. The van der Waals surface area contributed by atoms with Gasteiger partial charge in [0.25, 0.3) is 0 Å². The molecular weight excluding hydrogens is 323 g/mol. The lowest BCUT2D eigenvalue weighted by Gasteiger charge is -2.22. The van der Waals surface area contributed by atoms with Gasteiger partial charge in [0.15, 0.2) is 5.96 Å². The number of ether oxygens (including phenoxy) is 1. The Morgan fingerprint density at radius 3 is 2.52 bits per heavy atom. The van der Waals surface area contributed by atoms with Crippen molar-refractivity contribution in [2.75, 3.05) is 46.6 Å². The SMILES string of the molecule is CN=C(NCCNS(C)(=O)=O)N(C)CCOc1ccc(F)cc1. The number of likely N-dealkylation sites (N-methyl/N-ethyl adjacent to an activating group) is 1. The normalized spacial score (nSPS) is 12.1. The lowest BCUT2D eigenvalue weighted by Crippen LogP contribution is -2.43. The summed E-state index contributed by atoms with van der Waals surface area (Å²) in [4.78, 5) is 5.96. The molecule has 0 bridgehead atoms. The second-order valence-electron chi connectivity index (χ2n) is 4.86. The summed E-state index contributed by atoms with van der Waals surface area (Å²) in [7, 11) is 0.296. The predicted molar refractivity (Wildman–Crippen MR) is 88.7 cm³/mol. The quantitative estimate of drug-likeness (QED) is 0.401. The number of halogens is 1. The second-order valence-corrected chi connectivity index (χ2v) is 6.70. The van der Waals surface area contributed by atoms with Crippen molar-refractivity contribution in [3.05, 3.63) is 30.1 Å². The van der Waals surface area contributed by atoms with Gasteiger partial charge in [0.1, 0.15) is 18.2 Å². The third-order valence-corrected chi connectivity index (χ3v) is 3.58. The maximum Gasteiger partial charge on any atom is 0.208 e. The van der Waals surface area contributed by atoms with E-state index in [0.717, 1.165) is 6.26 Å². The Hall–Kier alpha value is -1.87. The molecule has 0 atom stereocenters. The van der Waals surface area contributed by atoms with Crippen molar-refractivity contribution < 1.29 is 17.5 Å². The van der Waals surface area contributed by atoms with E-state index >= 15 is 0 Å². The van der Waals surface area contributed by atoms with Crippen molar-refractivity contribution in [3.8, 4) is 5.75 Å². The van der Waals surface area contributed by atoms with Crippen LogP contribution in [0, 0.1) is 5.82 Å². The maximum absolute atomic E-state index is 12.8. The van der Waals surface area contributed by atoms with Gasteiger partial charge >= 0.3 is 0 Å². The van der Waals surface area contributed by atoms with Crippen LogP contribution in [0.25, 0.3) is 0 Å². The van der Waals surface area contributed by atoms with Crippen LogP contribution in [0.3, 0.4) is 0 Å². The van der Waals surface area contributed by atoms with E-state index in [1.807, 2.05) is 11.9 Å². The van der Waals surface area contributed by atoms with Crippen molar-refractivity contribution in [3.63, 3.8) is 0 Å². The molecule has 130 valence electrons. The van der Waals surface area contributed by atoms with Crippen LogP contribution in [0.1, 0.15) is 0 Å². The molecule has 0 spiro atoms. The standard InChI is InChI=1S/C14H23FN4O3S/c1-16-14(17-8-9-18-23(3,20)21)19(2)10-11-22-13-6-4-12(15)5-7-13/h4-7,18H,8-11H2,1-3H3,(H,16,17). The minimum atomic E-state index is -3.19. The zero-order chi connectivity index (χ0) is 17.3. The van der Waals surface area contributed by atoms with E-state index in [0.29, 0.717) is 31.4 Å². The van der Waals surface area contributed by atoms with Gasteiger partial charge in [-0.25, -0.2) is 17.5 Å². The largest absolute Gasteiger partial charge is 0.492 e. The van der Waals surface area contributed by atoms with Crippen LogP contribution in [0.2, 0.25) is 0 Å². The third-order valence-electron chi connectivity index (χ3n) is 2.85. The van der Waals surface area contributed by atoms with Gasteiger partial charge in [-0.1, -0.05) is 0 Å². The molecule has 23 heavy (non-hydrogen) atoms. The van der Waals surface area contributed by atoms with Gasteiger partial charge in [0, 0.05) is 27.2 Å². The van der Waals surface area contributed by atoms with Crippen molar-refractivity contribution in [2.24, 2.45) is 4.99 Å². The number of hydrogen-bond donors (Lipinski definition) is 2. The van der Waals surface area contributed by atoms with Gasteiger partial charge in [0.05, 0.1) is 12.8 Å². The Kier molecular flexibility index (Phi) is 7.76. The van der Waals surface area contributed by atoms with Crippen LogP contribution >= 0.6 is 0 Å². The van der Waals surface area contributed by atoms with Crippen LogP contribution in [0.5, 0.6) is 5.75 Å². The summed E-state index contributed by atoms with van der Waals surface area (Å²) in [6, 6.07) is 5.82. The molecule has 1 aromatic rings. The van der Waals surface area contributed by atoms with Crippen LogP contribution in [-0.2, 0) is 10.0 Å². The highest BCUT2D eigenvalue weighted by Gasteiger charge is 2.06. The molecule has 0 amide bonds. The number of hydrogen-bond acceptors (Lipinski definition) is 4. The third kappa shape index (κ3) is 8.36. The highest BCUT2D eigenvalue weighted by Crippen LogP contribution is 2.10. The van der Waals surface area contributed by atoms with E-state index in [2.05, 4.69) is 15.0 Å². The zero-order valence-electron chi connectivity index (χ0n) is 13.5. The Morgan fingerprint density at radius 1 is 1.30 bits per heavy atom. The average molecular weight is 346 g/mol. The van der Waals surface area contributed by atoms with Gasteiger partial charge in [-0.05, 0) is 24.3 Å². The van der Waals surface area contributed by atoms with Crippen LogP contribution in [-0.4, -0.2) is 65.9 Å². The summed E-state index contributed by atoms with van der Waals surface area (Å²) in [6.07, 6.45) is 1.11. The van der Waals surface area contributed by atoms with Crippen LogP contribution < -0.4 is 14.8 Å². The topological polar surface area (TPSA) is 83.0 Å². The number of nitrogens with zero attached hydrogens (tertiary/aromatic N) is 2. The molecule has 0 heterocycles. The number of rotatable bonds is 8. The lowest BCUT2D eigenvalue weighted by molar-refractivity contribution is 0.281. The molecule has 1 rings (SSSR count). The Morgan fingerprint density at radius 2 is 1.96 bits per heavy atom. The molecule has 0 aliphatic heterocycles. The Bertz CT molecular complexity index is 605. The van der Waals surface area contributed by atoms with Gasteiger partial charge < -0.3 is 15.0 Å². The maximum atomic E-state index is 12.8. The fraction of sp³-hybridized carbons (Fsp3) is 0.500. The van der Waals surface area contributed by atoms with E-state index in [1.54, 1.807) is 19.2 Å². The number of sulfonamides is 1. The summed E-state index contributed by atoms with van der Waals surface area (Å²) in [5.74, 6) is 0.921. The van der Waals surface area contributed by atoms with Gasteiger partial charge in [0.2, 0.25) is 10.0 Å². The number of guanidine groups is 1. The summed E-state index contributed by atoms with van der Waals surface area (Å²) in [5, 5.41) is 3.04. The number of aliphatic imine (C=N–C) groups is 1. The molecule has 0 unspecified atom stereocenters. The fourth-order valence-electron chi connectivity index (χ4n) is 1.73. The summed E-state index contributed by atoms with van der Waals surface area (Å²) in [6.45, 7) is 1.67. The molecule has 9 heteroatoms. The van der Waals surface area contributed by atoms with Crippen molar-refractivity contribution >= 4 is 16.0 Å². The van der Waals surface area contributed by atoms with E-state index in [9.17, 15) is 12.8 Å². The Labute approximate surface area is 136 Å². The molecular formula is C14H23FN4O3S. The molecule has 0 aromatic heterocycles. The molecule has 0 aliphatic rings. The van der Waals surface area contributed by atoms with Gasteiger partial charge in [-0.15, -0.1) is 0 Å². The monoisotopic (exact) mass is 346 g/mol. The zero-order valence-corrected chi connectivity index (χ0v) is 14.4. The minimum Gasteiger partial charge on any atom is -0.492 e. The first-order valence-electron chi connectivity index (χ1n) is 7.06. The first-order chi connectivity index (χ1) is 10.8. The highest BCUT2D eigenvalue weighted by molar-refractivity contribution is 7.88. The van der Waals surface area contributed by atoms with Crippen molar-refractivity contribution in [2.45, 2.75) is 0 Å². The fourth-order valence-corrected chi connectivity index (χ4v) is 2.21. The van der Waals surface area contributed by atoms with E-state index in [4.69, 9.17) is 4.74 Å². The Balaban J connectivity index is 2.30. The molecule has 0 saturated carbocycles. The summed E-state index contributed by atoms with van der Waals surface area (Å²) >= 11 is 0. The smallest absolute Gasteiger partial charge is 0.208 e. The molecule has 7 nitrogen and oxygen atoms in total. The summed E-state index contributed by atoms with van der Waals surface area (Å²) in [5.41, 5.74) is 0. The highest BCUT2D eigenvalue weighted by atomic mass is 32.2. The molecule has 0 aliphatic carbocycles. The second kappa shape index (κ2) is 9.31. The van der Waals surface area contributed by atoms with Crippen LogP contribution in [0.4, 0.5) is 4.39 Å². The van der Waals surface area contributed by atoms with E-state index in [-0.39, 0.29) is 12.4 Å². The molecule has 0 radical (unpaired) electrons. The summed E-state index contributed by atoms with van der Waals surface area (Å²) < 4.78 is 42.6. The predicted octanol–water partition coefficient (Wildman–Crippen LogP) is 0.261. The first kappa shape index (κ1) is 19.2. The van der Waals surface area contributed by atoms with E-state index in [1.165, 1.54) is 12.1 Å². The molecule has 0 saturated heterocycles.